The van der Waals surface area contributed by atoms with E-state index in [0.717, 1.165) is 25.3 Å². The Morgan fingerprint density at radius 2 is 2.05 bits per heavy atom. The highest BCUT2D eigenvalue weighted by atomic mass is 32.2. The maximum atomic E-state index is 13.2. The fraction of sp³-hybridized carbons (Fsp3) is 0.571. The first-order valence-corrected chi connectivity index (χ1v) is 8.29. The highest BCUT2D eigenvalue weighted by Crippen LogP contribution is 2.31. The number of benzene rings is 1. The minimum atomic E-state index is -3.70. The molecule has 2 N–H and O–H groups in total. The van der Waals surface area contributed by atoms with E-state index in [1.165, 1.54) is 12.1 Å². The van der Waals surface area contributed by atoms with Crippen LogP contribution < -0.4 is 4.72 Å². The monoisotopic (exact) mass is 301 g/mol. The van der Waals surface area contributed by atoms with Gasteiger partial charge in [0.2, 0.25) is 10.0 Å². The molecule has 2 rings (SSSR count). The van der Waals surface area contributed by atoms with Crippen LogP contribution in [0.15, 0.2) is 23.1 Å². The van der Waals surface area contributed by atoms with Crippen molar-refractivity contribution in [2.75, 3.05) is 13.2 Å². The average Bonchev–Trinajstić information content (AvgIpc) is 2.86. The molecule has 0 saturated heterocycles. The third-order valence-electron chi connectivity index (χ3n) is 4.03. The smallest absolute Gasteiger partial charge is 0.240 e. The molecular formula is C14H20FNO3S. The van der Waals surface area contributed by atoms with E-state index < -0.39 is 15.8 Å². The molecule has 1 aromatic rings. The molecule has 1 saturated carbocycles. The number of aryl methyl sites for hydroxylation is 1. The predicted octanol–water partition coefficient (Wildman–Crippen LogP) is 1.82. The minimum absolute atomic E-state index is 0.0176. The van der Waals surface area contributed by atoms with Gasteiger partial charge in [0.25, 0.3) is 0 Å². The normalized spacial score (nSPS) is 23.1. The quantitative estimate of drug-likeness (QED) is 0.872. The van der Waals surface area contributed by atoms with Crippen molar-refractivity contribution >= 4 is 10.0 Å². The molecule has 2 atom stereocenters. The summed E-state index contributed by atoms with van der Waals surface area (Å²) in [5.41, 5.74) is 0.518. The molecule has 1 aliphatic carbocycles. The van der Waals surface area contributed by atoms with Gasteiger partial charge >= 0.3 is 0 Å². The summed E-state index contributed by atoms with van der Waals surface area (Å²) in [5, 5.41) is 9.24. The number of halogens is 1. The minimum Gasteiger partial charge on any atom is -0.396 e. The van der Waals surface area contributed by atoms with Gasteiger partial charge in [-0.15, -0.1) is 0 Å². The summed E-state index contributed by atoms with van der Waals surface area (Å²) < 4.78 is 40.2. The Morgan fingerprint density at radius 3 is 2.75 bits per heavy atom. The molecular weight excluding hydrogens is 281 g/mol. The van der Waals surface area contributed by atoms with Gasteiger partial charge in [0.1, 0.15) is 5.82 Å². The molecule has 0 amide bonds. The lowest BCUT2D eigenvalue weighted by molar-refractivity contribution is 0.195. The van der Waals surface area contributed by atoms with Gasteiger partial charge in [-0.1, -0.05) is 12.5 Å². The van der Waals surface area contributed by atoms with Crippen molar-refractivity contribution < 1.29 is 17.9 Å². The number of rotatable bonds is 5. The van der Waals surface area contributed by atoms with Crippen LogP contribution in [0.25, 0.3) is 0 Å². The lowest BCUT2D eigenvalue weighted by atomic mass is 9.97. The molecule has 0 radical (unpaired) electrons. The van der Waals surface area contributed by atoms with Gasteiger partial charge in [-0.3, -0.25) is 0 Å². The average molecular weight is 301 g/mol. The van der Waals surface area contributed by atoms with E-state index in [0.29, 0.717) is 12.1 Å². The first kappa shape index (κ1) is 15.4. The van der Waals surface area contributed by atoms with Crippen LogP contribution in [-0.4, -0.2) is 26.7 Å². The van der Waals surface area contributed by atoms with Gasteiger partial charge in [0, 0.05) is 13.2 Å². The highest BCUT2D eigenvalue weighted by Gasteiger charge is 2.28. The third kappa shape index (κ3) is 3.37. The second kappa shape index (κ2) is 6.20. The summed E-state index contributed by atoms with van der Waals surface area (Å²) in [4.78, 5) is -0.0176. The molecule has 0 spiro atoms. The van der Waals surface area contributed by atoms with E-state index in [2.05, 4.69) is 4.72 Å². The molecule has 6 heteroatoms. The third-order valence-corrected chi connectivity index (χ3v) is 5.59. The largest absolute Gasteiger partial charge is 0.396 e. The first-order chi connectivity index (χ1) is 9.44. The number of nitrogens with one attached hydrogen (secondary N) is 1. The predicted molar refractivity (Wildman–Crippen MR) is 74.2 cm³/mol. The van der Waals surface area contributed by atoms with Crippen molar-refractivity contribution in [3.05, 3.63) is 29.6 Å². The second-order valence-corrected chi connectivity index (χ2v) is 7.13. The van der Waals surface area contributed by atoms with E-state index in [4.69, 9.17) is 0 Å². The van der Waals surface area contributed by atoms with Crippen LogP contribution in [-0.2, 0) is 10.0 Å². The van der Waals surface area contributed by atoms with Crippen LogP contribution in [0, 0.1) is 24.6 Å². The molecule has 0 bridgehead atoms. The molecule has 112 valence electrons. The lowest BCUT2D eigenvalue weighted by Crippen LogP contribution is -2.32. The summed E-state index contributed by atoms with van der Waals surface area (Å²) >= 11 is 0. The summed E-state index contributed by atoms with van der Waals surface area (Å²) in [6.07, 6.45) is 2.86. The van der Waals surface area contributed by atoms with Gasteiger partial charge in [0.05, 0.1) is 4.90 Å². The van der Waals surface area contributed by atoms with Crippen LogP contribution >= 0.6 is 0 Å². The molecule has 4 nitrogen and oxygen atoms in total. The number of aliphatic hydroxyl groups is 1. The fourth-order valence-corrected chi connectivity index (χ4v) is 4.13. The number of sulfonamides is 1. The maximum Gasteiger partial charge on any atom is 0.240 e. The second-order valence-electron chi connectivity index (χ2n) is 5.40. The van der Waals surface area contributed by atoms with Crippen molar-refractivity contribution in [1.82, 2.24) is 4.72 Å². The van der Waals surface area contributed by atoms with E-state index in [-0.39, 0.29) is 23.3 Å². The zero-order valence-electron chi connectivity index (χ0n) is 11.5. The van der Waals surface area contributed by atoms with Gasteiger partial charge in [-0.05, 0) is 49.3 Å². The Balaban J connectivity index is 2.09. The highest BCUT2D eigenvalue weighted by molar-refractivity contribution is 7.89. The fourth-order valence-electron chi connectivity index (χ4n) is 2.78. The van der Waals surface area contributed by atoms with Gasteiger partial charge in [0.15, 0.2) is 0 Å². The van der Waals surface area contributed by atoms with E-state index in [1.807, 2.05) is 0 Å². The standard InChI is InChI=1S/C14H20FNO3S/c1-10-5-6-13(15)7-14(10)20(18,19)16-8-11-3-2-4-12(11)9-17/h5-7,11-12,16-17H,2-4,8-9H2,1H3. The Morgan fingerprint density at radius 1 is 1.35 bits per heavy atom. The SMILES string of the molecule is Cc1ccc(F)cc1S(=O)(=O)NCC1CCCC1CO. The van der Waals surface area contributed by atoms with Crippen LogP contribution in [0.1, 0.15) is 24.8 Å². The Kier molecular flexibility index (Phi) is 4.78. The molecule has 1 fully saturated rings. The van der Waals surface area contributed by atoms with Crippen LogP contribution in [0.3, 0.4) is 0 Å². The topological polar surface area (TPSA) is 66.4 Å². The molecule has 0 aromatic heterocycles. The Labute approximate surface area is 119 Å². The zero-order chi connectivity index (χ0) is 14.8. The van der Waals surface area contributed by atoms with Crippen LogP contribution in [0.4, 0.5) is 4.39 Å². The van der Waals surface area contributed by atoms with Crippen molar-refractivity contribution in [1.29, 1.82) is 0 Å². The van der Waals surface area contributed by atoms with E-state index in [1.54, 1.807) is 6.92 Å². The molecule has 1 aromatic carbocycles. The van der Waals surface area contributed by atoms with Gasteiger partial charge < -0.3 is 5.11 Å². The number of aliphatic hydroxyl groups excluding tert-OH is 1. The molecule has 0 aliphatic heterocycles. The van der Waals surface area contributed by atoms with E-state index >= 15 is 0 Å². The van der Waals surface area contributed by atoms with Crippen molar-refractivity contribution in [2.45, 2.75) is 31.1 Å². The zero-order valence-corrected chi connectivity index (χ0v) is 12.3. The van der Waals surface area contributed by atoms with Crippen LogP contribution in [0.2, 0.25) is 0 Å². The molecule has 1 aliphatic rings. The van der Waals surface area contributed by atoms with Gasteiger partial charge in [-0.25, -0.2) is 17.5 Å². The summed E-state index contributed by atoms with van der Waals surface area (Å²) in [6.45, 7) is 2.02. The number of hydrogen-bond acceptors (Lipinski definition) is 3. The number of hydrogen-bond donors (Lipinski definition) is 2. The van der Waals surface area contributed by atoms with Crippen molar-refractivity contribution in [3.8, 4) is 0 Å². The van der Waals surface area contributed by atoms with Crippen LogP contribution in [0.5, 0.6) is 0 Å². The summed E-state index contributed by atoms with van der Waals surface area (Å²) in [6, 6.07) is 3.74. The van der Waals surface area contributed by atoms with Crippen molar-refractivity contribution in [3.63, 3.8) is 0 Å². The summed E-state index contributed by atoms with van der Waals surface area (Å²) in [5.74, 6) is -0.250. The Hall–Kier alpha value is -0.980. The maximum absolute atomic E-state index is 13.2. The lowest BCUT2D eigenvalue weighted by Gasteiger charge is -2.18. The van der Waals surface area contributed by atoms with Crippen molar-refractivity contribution in [2.24, 2.45) is 11.8 Å². The molecule has 0 heterocycles. The first-order valence-electron chi connectivity index (χ1n) is 6.80. The van der Waals surface area contributed by atoms with Gasteiger partial charge in [-0.2, -0.15) is 0 Å². The van der Waals surface area contributed by atoms with E-state index in [9.17, 15) is 17.9 Å². The summed E-state index contributed by atoms with van der Waals surface area (Å²) in [7, 11) is -3.70. The Bertz CT molecular complexity index is 574. The molecule has 2 unspecified atom stereocenters. The molecule has 20 heavy (non-hydrogen) atoms.